The van der Waals surface area contributed by atoms with Crippen LogP contribution in [0.15, 0.2) is 45.6 Å². The molecule has 0 unspecified atom stereocenters. The molecule has 2 aromatic heterocycles. The minimum Gasteiger partial charge on any atom is -0.356 e. The molecular weight excluding hydrogens is 322 g/mol. The van der Waals surface area contributed by atoms with Crippen LogP contribution in [0.1, 0.15) is 11.3 Å². The summed E-state index contributed by atoms with van der Waals surface area (Å²) in [4.78, 5) is 16.9. The van der Waals surface area contributed by atoms with Gasteiger partial charge in [-0.25, -0.2) is 0 Å². The molecule has 1 saturated heterocycles. The van der Waals surface area contributed by atoms with Crippen molar-refractivity contribution in [1.82, 2.24) is 15.0 Å². The van der Waals surface area contributed by atoms with Crippen molar-refractivity contribution in [1.29, 1.82) is 0 Å². The Kier molecular flexibility index (Phi) is 4.32. The van der Waals surface area contributed by atoms with E-state index in [1.54, 1.807) is 11.3 Å². The molecule has 5 nitrogen and oxygen atoms in total. The predicted molar refractivity (Wildman–Crippen MR) is 93.9 cm³/mol. The number of nitrogens with zero attached hydrogens (tertiary/aromatic N) is 3. The second-order valence-electron chi connectivity index (χ2n) is 6.09. The van der Waals surface area contributed by atoms with Crippen LogP contribution in [0.4, 0.5) is 0 Å². The Morgan fingerprint density at radius 2 is 2.00 bits per heavy atom. The molecule has 0 aliphatic carbocycles. The molecule has 0 radical (unpaired) electrons. The van der Waals surface area contributed by atoms with E-state index in [4.69, 9.17) is 4.52 Å². The molecule has 0 bridgehead atoms. The SMILES string of the molecule is O=C(Cc1noc2ccccc12)N1CCN(Cc2ccsc2)CC1. The van der Waals surface area contributed by atoms with Gasteiger partial charge in [-0.05, 0) is 34.5 Å². The van der Waals surface area contributed by atoms with Gasteiger partial charge in [0.05, 0.1) is 6.42 Å². The Bertz CT molecular complexity index is 820. The molecule has 0 N–H and O–H groups in total. The van der Waals surface area contributed by atoms with Gasteiger partial charge in [0.25, 0.3) is 0 Å². The highest BCUT2D eigenvalue weighted by Crippen LogP contribution is 2.19. The summed E-state index contributed by atoms with van der Waals surface area (Å²) in [6, 6.07) is 9.84. The van der Waals surface area contributed by atoms with Gasteiger partial charge in [0.1, 0.15) is 5.69 Å². The lowest BCUT2D eigenvalue weighted by Crippen LogP contribution is -2.48. The number of hydrogen-bond acceptors (Lipinski definition) is 5. The smallest absolute Gasteiger partial charge is 0.228 e. The summed E-state index contributed by atoms with van der Waals surface area (Å²) in [5.41, 5.74) is 2.83. The highest BCUT2D eigenvalue weighted by atomic mass is 32.1. The molecule has 1 aliphatic rings. The minimum absolute atomic E-state index is 0.129. The van der Waals surface area contributed by atoms with E-state index in [0.717, 1.165) is 49.4 Å². The summed E-state index contributed by atoms with van der Waals surface area (Å²) in [5, 5.41) is 9.29. The van der Waals surface area contributed by atoms with E-state index in [-0.39, 0.29) is 5.91 Å². The van der Waals surface area contributed by atoms with Crippen molar-refractivity contribution in [2.75, 3.05) is 26.2 Å². The average Bonchev–Trinajstić information content (AvgIpc) is 3.26. The van der Waals surface area contributed by atoms with E-state index in [9.17, 15) is 4.79 Å². The lowest BCUT2D eigenvalue weighted by atomic mass is 10.1. The largest absolute Gasteiger partial charge is 0.356 e. The average molecular weight is 341 g/mol. The fraction of sp³-hybridized carbons (Fsp3) is 0.333. The van der Waals surface area contributed by atoms with Gasteiger partial charge >= 0.3 is 0 Å². The summed E-state index contributed by atoms with van der Waals surface area (Å²) in [7, 11) is 0. The number of aromatic nitrogens is 1. The van der Waals surface area contributed by atoms with Crippen LogP contribution in [-0.4, -0.2) is 47.0 Å². The number of para-hydroxylation sites is 1. The number of amides is 1. The van der Waals surface area contributed by atoms with Crippen LogP contribution in [0.5, 0.6) is 0 Å². The number of piperazine rings is 1. The maximum absolute atomic E-state index is 12.6. The number of hydrogen-bond donors (Lipinski definition) is 0. The molecule has 124 valence electrons. The second-order valence-corrected chi connectivity index (χ2v) is 6.87. The fourth-order valence-electron chi connectivity index (χ4n) is 3.12. The molecular formula is C18H19N3O2S. The van der Waals surface area contributed by atoms with Crippen molar-refractivity contribution in [2.45, 2.75) is 13.0 Å². The maximum Gasteiger partial charge on any atom is 0.228 e. The highest BCUT2D eigenvalue weighted by Gasteiger charge is 2.22. The third-order valence-electron chi connectivity index (χ3n) is 4.48. The normalized spacial score (nSPS) is 15.9. The summed E-state index contributed by atoms with van der Waals surface area (Å²) in [6.45, 7) is 4.36. The van der Waals surface area contributed by atoms with Crippen molar-refractivity contribution in [3.05, 3.63) is 52.3 Å². The van der Waals surface area contributed by atoms with Crippen LogP contribution >= 0.6 is 11.3 Å². The second kappa shape index (κ2) is 6.75. The zero-order valence-electron chi connectivity index (χ0n) is 13.4. The van der Waals surface area contributed by atoms with Gasteiger partial charge in [-0.15, -0.1) is 0 Å². The lowest BCUT2D eigenvalue weighted by Gasteiger charge is -2.34. The summed E-state index contributed by atoms with van der Waals surface area (Å²) in [5.74, 6) is 0.129. The van der Waals surface area contributed by atoms with Crippen molar-refractivity contribution in [3.8, 4) is 0 Å². The minimum atomic E-state index is 0.129. The van der Waals surface area contributed by atoms with Crippen LogP contribution in [0.25, 0.3) is 11.0 Å². The monoisotopic (exact) mass is 341 g/mol. The number of benzene rings is 1. The molecule has 3 heterocycles. The van der Waals surface area contributed by atoms with Gasteiger partial charge in [0.15, 0.2) is 5.58 Å². The van der Waals surface area contributed by atoms with E-state index >= 15 is 0 Å². The standard InChI is InChI=1S/C18H19N3O2S/c22-18(11-16-15-3-1-2-4-17(15)23-19-16)21-8-6-20(7-9-21)12-14-5-10-24-13-14/h1-5,10,13H,6-9,11-12H2. The maximum atomic E-state index is 12.6. The number of carbonyl (C=O) groups is 1. The summed E-state index contributed by atoms with van der Waals surface area (Å²) < 4.78 is 5.29. The Morgan fingerprint density at radius 1 is 1.17 bits per heavy atom. The topological polar surface area (TPSA) is 49.6 Å². The quantitative estimate of drug-likeness (QED) is 0.732. The van der Waals surface area contributed by atoms with E-state index in [1.165, 1.54) is 5.56 Å². The van der Waals surface area contributed by atoms with Crippen LogP contribution in [0, 0.1) is 0 Å². The molecule has 24 heavy (non-hydrogen) atoms. The first kappa shape index (κ1) is 15.4. The van der Waals surface area contributed by atoms with Crippen molar-refractivity contribution >= 4 is 28.2 Å². The third kappa shape index (κ3) is 3.20. The number of carbonyl (C=O) groups excluding carboxylic acids is 1. The molecule has 1 amide bonds. The van der Waals surface area contributed by atoms with Crippen molar-refractivity contribution in [2.24, 2.45) is 0 Å². The highest BCUT2D eigenvalue weighted by molar-refractivity contribution is 7.07. The Labute approximate surface area is 144 Å². The number of rotatable bonds is 4. The fourth-order valence-corrected chi connectivity index (χ4v) is 3.78. The molecule has 1 fully saturated rings. The lowest BCUT2D eigenvalue weighted by molar-refractivity contribution is -0.132. The van der Waals surface area contributed by atoms with Gasteiger partial charge in [0, 0.05) is 38.1 Å². The van der Waals surface area contributed by atoms with Gasteiger partial charge in [0.2, 0.25) is 5.91 Å². The van der Waals surface area contributed by atoms with Crippen LogP contribution in [0.2, 0.25) is 0 Å². The van der Waals surface area contributed by atoms with E-state index in [2.05, 4.69) is 26.9 Å². The molecule has 6 heteroatoms. The first-order chi connectivity index (χ1) is 11.8. The molecule has 0 spiro atoms. The first-order valence-corrected chi connectivity index (χ1v) is 9.08. The van der Waals surface area contributed by atoms with E-state index in [0.29, 0.717) is 6.42 Å². The van der Waals surface area contributed by atoms with Gasteiger partial charge < -0.3 is 9.42 Å². The molecule has 0 atom stereocenters. The number of fused-ring (bicyclic) bond motifs is 1. The molecule has 4 rings (SSSR count). The Balaban J connectivity index is 1.34. The van der Waals surface area contributed by atoms with Gasteiger partial charge in [-0.2, -0.15) is 11.3 Å². The van der Waals surface area contributed by atoms with E-state index < -0.39 is 0 Å². The summed E-state index contributed by atoms with van der Waals surface area (Å²) >= 11 is 1.73. The van der Waals surface area contributed by atoms with Gasteiger partial charge in [-0.3, -0.25) is 9.69 Å². The summed E-state index contributed by atoms with van der Waals surface area (Å²) in [6.07, 6.45) is 0.307. The van der Waals surface area contributed by atoms with Gasteiger partial charge in [-0.1, -0.05) is 17.3 Å². The van der Waals surface area contributed by atoms with Crippen LogP contribution in [0.3, 0.4) is 0 Å². The van der Waals surface area contributed by atoms with Crippen LogP contribution < -0.4 is 0 Å². The van der Waals surface area contributed by atoms with Crippen molar-refractivity contribution in [3.63, 3.8) is 0 Å². The zero-order chi connectivity index (χ0) is 16.4. The van der Waals surface area contributed by atoms with Crippen LogP contribution in [-0.2, 0) is 17.8 Å². The third-order valence-corrected chi connectivity index (χ3v) is 5.21. The predicted octanol–water partition coefficient (Wildman–Crippen LogP) is 2.78. The first-order valence-electron chi connectivity index (χ1n) is 8.14. The molecule has 1 aliphatic heterocycles. The zero-order valence-corrected chi connectivity index (χ0v) is 14.2. The Hall–Kier alpha value is -2.18. The number of thiophene rings is 1. The molecule has 3 aromatic rings. The van der Waals surface area contributed by atoms with Crippen molar-refractivity contribution < 1.29 is 9.32 Å². The Morgan fingerprint density at radius 3 is 2.79 bits per heavy atom. The molecule has 0 saturated carbocycles. The molecule has 1 aromatic carbocycles. The van der Waals surface area contributed by atoms with E-state index in [1.807, 2.05) is 29.2 Å².